The first kappa shape index (κ1) is 25.0. The molecular weight excluding hydrogens is 472 g/mol. The molecule has 1 aliphatic rings. The summed E-state index contributed by atoms with van der Waals surface area (Å²) in [6, 6.07) is 20.5. The van der Waals surface area contributed by atoms with Crippen LogP contribution in [-0.4, -0.2) is 26.7 Å². The normalized spacial score (nSPS) is 13.1. The zero-order valence-corrected chi connectivity index (χ0v) is 19.9. The molecule has 0 saturated carbocycles. The molecule has 1 aliphatic heterocycles. The molecule has 0 aliphatic carbocycles. The largest absolute Gasteiger partial charge is 0.384 e. The number of amidine groups is 1. The first-order chi connectivity index (χ1) is 15.8. The first-order valence-electron chi connectivity index (χ1n) is 10.5. The molecular formula is C25H25ClN4O3S. The Balaban J connectivity index is 0.00000324. The van der Waals surface area contributed by atoms with Crippen molar-refractivity contribution in [1.29, 1.82) is 5.41 Å². The molecule has 176 valence electrons. The monoisotopic (exact) mass is 496 g/mol. The van der Waals surface area contributed by atoms with Crippen LogP contribution in [0.5, 0.6) is 0 Å². The molecule has 4 N–H and O–H groups in total. The van der Waals surface area contributed by atoms with Gasteiger partial charge in [0.15, 0.2) is 0 Å². The average molecular weight is 497 g/mol. The van der Waals surface area contributed by atoms with Crippen molar-refractivity contribution in [2.75, 3.05) is 16.2 Å². The van der Waals surface area contributed by atoms with Gasteiger partial charge in [-0.05, 0) is 60.4 Å². The molecule has 34 heavy (non-hydrogen) atoms. The fourth-order valence-electron chi connectivity index (χ4n) is 3.73. The van der Waals surface area contributed by atoms with E-state index in [9.17, 15) is 13.2 Å². The SMILES string of the molecule is Cl.N=C(N)c1ccc(C=CC(=O)N2CCCc3cc(NS(=O)(=O)c4ccccc4)ccc32)cc1. The topological polar surface area (TPSA) is 116 Å². The summed E-state index contributed by atoms with van der Waals surface area (Å²) < 4.78 is 27.9. The van der Waals surface area contributed by atoms with E-state index in [-0.39, 0.29) is 29.0 Å². The number of carbonyl (C=O) groups excluding carboxylic acids is 1. The van der Waals surface area contributed by atoms with Crippen molar-refractivity contribution in [1.82, 2.24) is 0 Å². The van der Waals surface area contributed by atoms with E-state index in [4.69, 9.17) is 11.1 Å². The third-order valence-electron chi connectivity index (χ3n) is 5.41. The highest BCUT2D eigenvalue weighted by atomic mass is 35.5. The van der Waals surface area contributed by atoms with Crippen molar-refractivity contribution >= 4 is 51.6 Å². The number of nitrogens with zero attached hydrogens (tertiary/aromatic N) is 1. The second-order valence-corrected chi connectivity index (χ2v) is 9.41. The molecule has 0 bridgehead atoms. The third-order valence-corrected chi connectivity index (χ3v) is 6.81. The van der Waals surface area contributed by atoms with Crippen LogP contribution < -0.4 is 15.4 Å². The maximum absolute atomic E-state index is 12.9. The number of fused-ring (bicyclic) bond motifs is 1. The highest BCUT2D eigenvalue weighted by molar-refractivity contribution is 7.92. The summed E-state index contributed by atoms with van der Waals surface area (Å²) in [5.74, 6) is -0.152. The second-order valence-electron chi connectivity index (χ2n) is 7.72. The maximum atomic E-state index is 12.9. The van der Waals surface area contributed by atoms with E-state index in [1.165, 1.54) is 6.08 Å². The van der Waals surface area contributed by atoms with Crippen LogP contribution >= 0.6 is 12.4 Å². The van der Waals surface area contributed by atoms with Crippen LogP contribution in [0.4, 0.5) is 11.4 Å². The Labute approximate surface area is 205 Å². The van der Waals surface area contributed by atoms with Gasteiger partial charge in [-0.1, -0.05) is 42.5 Å². The van der Waals surface area contributed by atoms with E-state index in [2.05, 4.69) is 4.72 Å². The zero-order valence-electron chi connectivity index (χ0n) is 18.3. The van der Waals surface area contributed by atoms with Crippen LogP contribution in [0.25, 0.3) is 6.08 Å². The number of sulfonamides is 1. The third kappa shape index (κ3) is 5.65. The number of rotatable bonds is 6. The lowest BCUT2D eigenvalue weighted by Crippen LogP contribution is -2.34. The number of hydrogen-bond donors (Lipinski definition) is 3. The summed E-state index contributed by atoms with van der Waals surface area (Å²) in [4.78, 5) is 14.8. The van der Waals surface area contributed by atoms with Gasteiger partial charge in [-0.25, -0.2) is 8.42 Å². The predicted octanol–water partition coefficient (Wildman–Crippen LogP) is 4.19. The number of anilines is 2. The van der Waals surface area contributed by atoms with Gasteiger partial charge in [0.2, 0.25) is 0 Å². The molecule has 3 aromatic carbocycles. The molecule has 0 spiro atoms. The fourth-order valence-corrected chi connectivity index (χ4v) is 4.81. The highest BCUT2D eigenvalue weighted by Gasteiger charge is 2.22. The number of halogens is 1. The lowest BCUT2D eigenvalue weighted by atomic mass is 10.0. The number of carbonyl (C=O) groups is 1. The number of nitrogens with one attached hydrogen (secondary N) is 2. The minimum absolute atomic E-state index is 0. The lowest BCUT2D eigenvalue weighted by Gasteiger charge is -2.29. The van der Waals surface area contributed by atoms with Gasteiger partial charge in [0.05, 0.1) is 4.90 Å². The van der Waals surface area contributed by atoms with E-state index in [0.717, 1.165) is 29.7 Å². The summed E-state index contributed by atoms with van der Waals surface area (Å²) in [7, 11) is -3.68. The van der Waals surface area contributed by atoms with E-state index in [0.29, 0.717) is 17.8 Å². The smallest absolute Gasteiger partial charge is 0.261 e. The number of hydrogen-bond acceptors (Lipinski definition) is 4. The van der Waals surface area contributed by atoms with E-state index in [1.807, 2.05) is 0 Å². The van der Waals surface area contributed by atoms with Crippen molar-refractivity contribution in [2.24, 2.45) is 5.73 Å². The molecule has 0 saturated heterocycles. The van der Waals surface area contributed by atoms with Crippen LogP contribution in [0.2, 0.25) is 0 Å². The molecule has 0 radical (unpaired) electrons. The lowest BCUT2D eigenvalue weighted by molar-refractivity contribution is -0.114. The maximum Gasteiger partial charge on any atom is 0.261 e. The van der Waals surface area contributed by atoms with Crippen LogP contribution in [0.1, 0.15) is 23.1 Å². The van der Waals surface area contributed by atoms with Gasteiger partial charge in [-0.2, -0.15) is 0 Å². The second kappa shape index (κ2) is 10.5. The molecule has 0 aromatic heterocycles. The number of benzene rings is 3. The quantitative estimate of drug-likeness (QED) is 0.269. The Bertz CT molecular complexity index is 1320. The van der Waals surface area contributed by atoms with Crippen molar-refractivity contribution in [2.45, 2.75) is 17.7 Å². The summed E-state index contributed by atoms with van der Waals surface area (Å²) in [6.07, 6.45) is 4.79. The first-order valence-corrected chi connectivity index (χ1v) is 12.0. The van der Waals surface area contributed by atoms with Crippen molar-refractivity contribution < 1.29 is 13.2 Å². The number of nitrogen functional groups attached to an aromatic ring is 1. The van der Waals surface area contributed by atoms with Crippen LogP contribution in [0.3, 0.4) is 0 Å². The Morgan fingerprint density at radius 2 is 1.74 bits per heavy atom. The fraction of sp³-hybridized carbons (Fsp3) is 0.120. The molecule has 7 nitrogen and oxygen atoms in total. The number of amides is 1. The van der Waals surface area contributed by atoms with Gasteiger partial charge in [-0.3, -0.25) is 14.9 Å². The number of aryl methyl sites for hydroxylation is 1. The molecule has 0 fully saturated rings. The van der Waals surface area contributed by atoms with Gasteiger partial charge in [0.1, 0.15) is 5.84 Å². The zero-order chi connectivity index (χ0) is 23.4. The molecule has 1 amide bonds. The summed E-state index contributed by atoms with van der Waals surface area (Å²) in [5.41, 5.74) is 9.09. The molecule has 4 rings (SSSR count). The molecule has 1 heterocycles. The van der Waals surface area contributed by atoms with E-state index < -0.39 is 10.0 Å². The van der Waals surface area contributed by atoms with Crippen molar-refractivity contribution in [3.8, 4) is 0 Å². The van der Waals surface area contributed by atoms with Gasteiger partial charge < -0.3 is 10.6 Å². The van der Waals surface area contributed by atoms with Crippen LogP contribution in [0.15, 0.2) is 83.8 Å². The summed E-state index contributed by atoms with van der Waals surface area (Å²) in [5, 5.41) is 7.45. The Morgan fingerprint density at radius 3 is 2.41 bits per heavy atom. The minimum Gasteiger partial charge on any atom is -0.384 e. The Kier molecular flexibility index (Phi) is 7.75. The van der Waals surface area contributed by atoms with Crippen LogP contribution in [0, 0.1) is 5.41 Å². The summed E-state index contributed by atoms with van der Waals surface area (Å²) >= 11 is 0. The molecule has 3 aromatic rings. The van der Waals surface area contributed by atoms with Gasteiger partial charge in [0, 0.05) is 29.6 Å². The standard InChI is InChI=1S/C25H24N4O3S.ClH/c26-25(27)19-11-8-18(9-12-19)10-15-24(30)29-16-4-5-20-17-21(13-14-23(20)29)28-33(31,32)22-6-2-1-3-7-22;/h1-3,6-15,17,28H,4-5,16H2,(H3,26,27);1H. The van der Waals surface area contributed by atoms with Crippen LogP contribution in [-0.2, 0) is 21.2 Å². The van der Waals surface area contributed by atoms with E-state index in [1.54, 1.807) is 83.8 Å². The highest BCUT2D eigenvalue weighted by Crippen LogP contribution is 2.31. The van der Waals surface area contributed by atoms with Gasteiger partial charge in [0.25, 0.3) is 15.9 Å². The Morgan fingerprint density at radius 1 is 1.03 bits per heavy atom. The Hall–Kier alpha value is -3.62. The average Bonchev–Trinajstić information content (AvgIpc) is 2.82. The summed E-state index contributed by atoms with van der Waals surface area (Å²) in [6.45, 7) is 0.592. The van der Waals surface area contributed by atoms with Crippen molar-refractivity contribution in [3.63, 3.8) is 0 Å². The minimum atomic E-state index is -3.68. The molecule has 0 unspecified atom stereocenters. The molecule has 9 heteroatoms. The predicted molar refractivity (Wildman–Crippen MR) is 138 cm³/mol. The number of nitrogens with two attached hydrogens (primary N) is 1. The molecule has 0 atom stereocenters. The van der Waals surface area contributed by atoms with Crippen molar-refractivity contribution in [3.05, 3.63) is 95.6 Å². The van der Waals surface area contributed by atoms with Gasteiger partial charge >= 0.3 is 0 Å². The van der Waals surface area contributed by atoms with Gasteiger partial charge in [-0.15, -0.1) is 12.4 Å². The van der Waals surface area contributed by atoms with E-state index >= 15 is 0 Å².